The molecule has 0 radical (unpaired) electrons. The fraction of sp³-hybridized carbons (Fsp3) is 0.0638. The van der Waals surface area contributed by atoms with E-state index in [0.717, 1.165) is 83.5 Å². The first kappa shape index (κ1) is 59.8. The molecule has 0 spiro atoms. The summed E-state index contributed by atoms with van der Waals surface area (Å²) in [5.74, 6) is 3.72. The van der Waals surface area contributed by atoms with Crippen LogP contribution < -0.4 is 0 Å². The average Bonchev–Trinajstić information content (AvgIpc) is 1.59. The molecule has 2 aromatic heterocycles. The van der Waals surface area contributed by atoms with E-state index in [9.17, 15) is 0 Å². The Morgan fingerprint density at radius 1 is 0.180 bits per heavy atom. The number of hydrogen-bond acceptors (Lipinski definition) is 6. The maximum atomic E-state index is 5.30. The van der Waals surface area contributed by atoms with Gasteiger partial charge in [0.1, 0.15) is 0 Å². The number of nitrogens with zero attached hydrogens (tertiary/aromatic N) is 6. The van der Waals surface area contributed by atoms with Crippen LogP contribution in [0.4, 0.5) is 0 Å². The summed E-state index contributed by atoms with van der Waals surface area (Å²) in [5, 5.41) is 2.59. The van der Waals surface area contributed by atoms with Gasteiger partial charge < -0.3 is 0 Å². The molecule has 6 heteroatoms. The number of benzene rings is 14. The van der Waals surface area contributed by atoms with Crippen LogP contribution in [0.15, 0.2) is 328 Å². The van der Waals surface area contributed by atoms with Gasteiger partial charge in [0.15, 0.2) is 34.9 Å². The highest BCUT2D eigenvalue weighted by Crippen LogP contribution is 2.54. The van der Waals surface area contributed by atoms with E-state index in [4.69, 9.17) is 29.9 Å². The lowest BCUT2D eigenvalue weighted by Gasteiger charge is -2.23. The molecule has 100 heavy (non-hydrogen) atoms. The molecule has 0 N–H and O–H groups in total. The summed E-state index contributed by atoms with van der Waals surface area (Å²) in [4.78, 5) is 31.0. The van der Waals surface area contributed by atoms with Gasteiger partial charge >= 0.3 is 0 Å². The van der Waals surface area contributed by atoms with Crippen molar-refractivity contribution in [2.75, 3.05) is 0 Å². The molecule has 0 saturated heterocycles. The monoisotopic (exact) mass is 1280 g/mol. The summed E-state index contributed by atoms with van der Waals surface area (Å²) in [6.07, 6.45) is 0. The quantitative estimate of drug-likeness (QED) is 0.121. The van der Waals surface area contributed by atoms with Gasteiger partial charge in [-0.25, -0.2) is 29.9 Å². The second kappa shape index (κ2) is 24.2. The van der Waals surface area contributed by atoms with Crippen LogP contribution >= 0.6 is 0 Å². The van der Waals surface area contributed by atoms with E-state index >= 15 is 0 Å². The first-order chi connectivity index (χ1) is 49.0. The van der Waals surface area contributed by atoms with E-state index < -0.39 is 0 Å². The molecule has 2 heterocycles. The fourth-order valence-corrected chi connectivity index (χ4v) is 15.2. The summed E-state index contributed by atoms with van der Waals surface area (Å²) < 4.78 is 0. The molecule has 472 valence electrons. The van der Waals surface area contributed by atoms with Gasteiger partial charge in [-0.3, -0.25) is 0 Å². The van der Waals surface area contributed by atoms with E-state index in [1.54, 1.807) is 0 Å². The van der Waals surface area contributed by atoms with Crippen molar-refractivity contribution in [3.05, 3.63) is 350 Å². The van der Waals surface area contributed by atoms with Crippen molar-refractivity contribution < 1.29 is 0 Å². The number of hydrogen-bond donors (Lipinski definition) is 0. The SMILES string of the molecule is CC1(C)c2cc(-c3cccc(-c4cccc(-c5nc(-c6ccccc6)nc(-c6ccc(-c7ccccc7)cc6)n5)c4)c3)ccc2-c2ccc(-c3cccc(-c4nc(-c5ccccc5)nc(-c5cccc(-c6cccc(-c7ccc8c(c7)C(C)(C)c7ccc9ccccc9c7-8)c6)c5)n4)c3)cc21. The van der Waals surface area contributed by atoms with E-state index in [0.29, 0.717) is 34.9 Å². The maximum Gasteiger partial charge on any atom is 0.164 e. The summed E-state index contributed by atoms with van der Waals surface area (Å²) in [6, 6.07) is 117. The molecule has 14 aromatic carbocycles. The molecular weight excluding hydrogens is 1210 g/mol. The largest absolute Gasteiger partial charge is 0.208 e. The number of aromatic nitrogens is 6. The van der Waals surface area contributed by atoms with Gasteiger partial charge in [0.05, 0.1) is 0 Å². The fourth-order valence-electron chi connectivity index (χ4n) is 15.2. The van der Waals surface area contributed by atoms with Gasteiger partial charge in [0.2, 0.25) is 0 Å². The zero-order valence-electron chi connectivity index (χ0n) is 55.9. The molecular formula is C94H66N6. The Hall–Kier alpha value is -12.6. The zero-order chi connectivity index (χ0) is 67.1. The first-order valence-corrected chi connectivity index (χ1v) is 34.3. The third-order valence-corrected chi connectivity index (χ3v) is 20.6. The molecule has 0 fully saturated rings. The molecule has 0 aliphatic heterocycles. The zero-order valence-corrected chi connectivity index (χ0v) is 55.9. The molecule has 2 aliphatic rings. The summed E-state index contributed by atoms with van der Waals surface area (Å²) in [6.45, 7) is 9.44. The van der Waals surface area contributed by atoms with Crippen molar-refractivity contribution in [3.8, 4) is 157 Å². The molecule has 0 atom stereocenters. The predicted molar refractivity (Wildman–Crippen MR) is 411 cm³/mol. The van der Waals surface area contributed by atoms with Crippen molar-refractivity contribution in [2.24, 2.45) is 0 Å². The summed E-state index contributed by atoms with van der Waals surface area (Å²) in [5.41, 5.74) is 29.3. The smallest absolute Gasteiger partial charge is 0.164 e. The van der Waals surface area contributed by atoms with Crippen LogP contribution in [0.1, 0.15) is 49.9 Å². The second-order valence-electron chi connectivity index (χ2n) is 27.4. The minimum atomic E-state index is -0.280. The Bertz CT molecular complexity index is 5900. The Balaban J connectivity index is 0.623. The second-order valence-corrected chi connectivity index (χ2v) is 27.4. The molecule has 0 amide bonds. The van der Waals surface area contributed by atoms with Crippen molar-refractivity contribution in [1.82, 2.24) is 29.9 Å². The van der Waals surface area contributed by atoms with Crippen LogP contribution in [0.25, 0.3) is 168 Å². The molecule has 6 nitrogen and oxygen atoms in total. The predicted octanol–water partition coefficient (Wildman–Crippen LogP) is 23.8. The maximum absolute atomic E-state index is 5.30. The minimum absolute atomic E-state index is 0.131. The van der Waals surface area contributed by atoms with Gasteiger partial charge in [-0.15, -0.1) is 0 Å². The van der Waals surface area contributed by atoms with E-state index in [1.165, 1.54) is 72.0 Å². The van der Waals surface area contributed by atoms with Crippen molar-refractivity contribution in [2.45, 2.75) is 38.5 Å². The number of rotatable bonds is 12. The Kier molecular flexibility index (Phi) is 14.5. The first-order valence-electron chi connectivity index (χ1n) is 34.3. The average molecular weight is 1280 g/mol. The molecule has 2 aliphatic carbocycles. The van der Waals surface area contributed by atoms with E-state index in [2.05, 4.69) is 301 Å². The molecule has 0 bridgehead atoms. The highest BCUT2D eigenvalue weighted by molar-refractivity contribution is 6.03. The molecule has 16 aromatic rings. The van der Waals surface area contributed by atoms with Gasteiger partial charge in [-0.2, -0.15) is 0 Å². The van der Waals surface area contributed by atoms with Gasteiger partial charge in [0, 0.05) is 44.2 Å². The Morgan fingerprint density at radius 2 is 0.440 bits per heavy atom. The van der Waals surface area contributed by atoms with E-state index in [1.807, 2.05) is 54.6 Å². The molecule has 0 unspecified atom stereocenters. The normalized spacial score (nSPS) is 13.0. The third-order valence-electron chi connectivity index (χ3n) is 20.6. The van der Waals surface area contributed by atoms with Crippen molar-refractivity contribution in [1.29, 1.82) is 0 Å². The molecule has 0 saturated carbocycles. The van der Waals surface area contributed by atoms with E-state index in [-0.39, 0.29) is 10.8 Å². The van der Waals surface area contributed by atoms with Crippen LogP contribution in [0.2, 0.25) is 0 Å². The summed E-state index contributed by atoms with van der Waals surface area (Å²) >= 11 is 0. The highest BCUT2D eigenvalue weighted by Gasteiger charge is 2.38. The van der Waals surface area contributed by atoms with Crippen LogP contribution in [-0.2, 0) is 10.8 Å². The third kappa shape index (κ3) is 10.7. The Morgan fingerprint density at radius 3 is 0.850 bits per heavy atom. The van der Waals surface area contributed by atoms with Crippen LogP contribution in [0.3, 0.4) is 0 Å². The van der Waals surface area contributed by atoms with Crippen LogP contribution in [0, 0.1) is 0 Å². The van der Waals surface area contributed by atoms with Crippen molar-refractivity contribution >= 4 is 10.8 Å². The lowest BCUT2D eigenvalue weighted by atomic mass is 9.80. The Labute approximate surface area is 582 Å². The molecule has 18 rings (SSSR count). The van der Waals surface area contributed by atoms with Gasteiger partial charge in [-0.05, 0) is 171 Å². The standard InChI is InChI=1S/C94H66N6/c1-93(2)82-50-46-61-23-14-15-38-78(61)86(82)81-49-45-74(58-85(81)93)68-31-17-29-66(52-68)70-33-19-36-76(54-70)91-97-88(63-26-12-7-13-27-63)98-92(100-91)77-37-20-34-71(55-77)73-44-48-80-79-47-43-72(56-83(79)94(3,4)84(80)57-73)67-30-16-28-65(51-67)69-32-18-35-75(53-69)90-96-87(62-24-10-6-11-25-62)95-89(99-90)64-41-39-60(40-42-64)59-21-8-5-9-22-59/h5-58H,1-4H3. The van der Waals surface area contributed by atoms with Gasteiger partial charge in [-0.1, -0.05) is 307 Å². The lowest BCUT2D eigenvalue weighted by Crippen LogP contribution is -2.15. The van der Waals surface area contributed by atoms with Gasteiger partial charge in [0.25, 0.3) is 0 Å². The van der Waals surface area contributed by atoms with Crippen LogP contribution in [0.5, 0.6) is 0 Å². The highest BCUT2D eigenvalue weighted by atomic mass is 15.0. The van der Waals surface area contributed by atoms with Crippen molar-refractivity contribution in [3.63, 3.8) is 0 Å². The minimum Gasteiger partial charge on any atom is -0.208 e. The topological polar surface area (TPSA) is 77.3 Å². The number of fused-ring (bicyclic) bond motifs is 8. The summed E-state index contributed by atoms with van der Waals surface area (Å²) in [7, 11) is 0. The lowest BCUT2D eigenvalue weighted by molar-refractivity contribution is 0.661. The van der Waals surface area contributed by atoms with Crippen LogP contribution in [-0.4, -0.2) is 29.9 Å².